The molecule has 6 rings (SSSR count). The Bertz CT molecular complexity index is 1260. The van der Waals surface area contributed by atoms with Crippen molar-refractivity contribution in [2.45, 2.75) is 48.7 Å². The molecule has 1 aromatic heterocycles. The molecule has 2 amide bonds. The molecular weight excluding hydrogens is 450 g/mol. The van der Waals surface area contributed by atoms with Crippen LogP contribution in [0.4, 0.5) is 0 Å². The third-order valence-corrected chi connectivity index (χ3v) is 8.59. The number of methoxy groups -OCH3 is 1. The van der Waals surface area contributed by atoms with Crippen molar-refractivity contribution >= 4 is 11.8 Å². The first-order valence-electron chi connectivity index (χ1n) is 12.8. The molecule has 2 heterocycles. The zero-order chi connectivity index (χ0) is 24.8. The maximum atomic E-state index is 13.7. The van der Waals surface area contributed by atoms with Crippen molar-refractivity contribution in [2.24, 2.45) is 0 Å². The number of aromatic nitrogens is 1. The van der Waals surface area contributed by atoms with E-state index >= 15 is 0 Å². The summed E-state index contributed by atoms with van der Waals surface area (Å²) in [6.07, 6.45) is 6.50. The van der Waals surface area contributed by atoms with E-state index in [0.717, 1.165) is 36.8 Å². The first-order valence-corrected chi connectivity index (χ1v) is 12.8. The molecule has 184 valence electrons. The molecule has 1 aliphatic heterocycles. The summed E-state index contributed by atoms with van der Waals surface area (Å²) >= 11 is 0. The van der Waals surface area contributed by atoms with Gasteiger partial charge in [0.05, 0.1) is 17.6 Å². The molecule has 1 spiro atoms. The van der Waals surface area contributed by atoms with Crippen LogP contribution in [0.25, 0.3) is 0 Å². The number of nitrogens with zero attached hydrogens (tertiary/aromatic N) is 2. The number of carbonyl (C=O) groups excluding carboxylic acids is 2. The number of benzene rings is 2. The Morgan fingerprint density at radius 1 is 0.917 bits per heavy atom. The van der Waals surface area contributed by atoms with Crippen LogP contribution in [0.5, 0.6) is 0 Å². The van der Waals surface area contributed by atoms with Gasteiger partial charge in [-0.05, 0) is 54.5 Å². The second-order valence-electron chi connectivity index (χ2n) is 10.3. The molecule has 2 fully saturated rings. The van der Waals surface area contributed by atoms with E-state index in [9.17, 15) is 9.59 Å². The maximum absolute atomic E-state index is 13.7. The quantitative estimate of drug-likeness (QED) is 0.594. The van der Waals surface area contributed by atoms with E-state index in [4.69, 9.17) is 4.74 Å². The standard InChI is InChI=1S/C30H31N3O3/c1-36-26-25(32-27(34)21-11-17-31-18-12-21)23-9-5-6-10-24(23)30(26)15-19-33(20-16-30)28(35)29(13-14-29)22-7-3-2-4-8-22/h2-12,17-18,25-26H,13-16,19-20H2,1H3,(H,32,34)/t25-,26+/m1/s1. The molecule has 1 N–H and O–H groups in total. The van der Waals surface area contributed by atoms with Gasteiger partial charge in [0.2, 0.25) is 5.91 Å². The van der Waals surface area contributed by atoms with Crippen molar-refractivity contribution in [1.82, 2.24) is 15.2 Å². The molecule has 6 heteroatoms. The predicted octanol–water partition coefficient (Wildman–Crippen LogP) is 4.17. The number of pyridine rings is 1. The van der Waals surface area contributed by atoms with Crippen LogP contribution in [-0.4, -0.2) is 48.0 Å². The van der Waals surface area contributed by atoms with Crippen molar-refractivity contribution in [3.05, 3.63) is 101 Å². The first-order chi connectivity index (χ1) is 17.6. The number of piperidine rings is 1. The van der Waals surface area contributed by atoms with Gasteiger partial charge in [-0.25, -0.2) is 0 Å². The second-order valence-corrected chi connectivity index (χ2v) is 10.3. The SMILES string of the molecule is CO[C@H]1[C@H](NC(=O)c2ccncc2)c2ccccc2C12CCN(C(=O)C1(c3ccccc3)CC1)CC2. The lowest BCUT2D eigenvalue weighted by Crippen LogP contribution is -2.53. The van der Waals surface area contributed by atoms with E-state index in [0.29, 0.717) is 18.7 Å². The van der Waals surface area contributed by atoms with Crippen molar-refractivity contribution in [3.63, 3.8) is 0 Å². The van der Waals surface area contributed by atoms with Gasteiger partial charge < -0.3 is 15.0 Å². The highest BCUT2D eigenvalue weighted by Gasteiger charge is 2.57. The number of rotatable bonds is 5. The lowest BCUT2D eigenvalue weighted by molar-refractivity contribution is -0.136. The summed E-state index contributed by atoms with van der Waals surface area (Å²) in [5.41, 5.74) is 3.45. The zero-order valence-electron chi connectivity index (χ0n) is 20.5. The number of ether oxygens (including phenoxy) is 1. The molecule has 3 aromatic rings. The van der Waals surface area contributed by atoms with E-state index < -0.39 is 0 Å². The fourth-order valence-electron chi connectivity index (χ4n) is 6.57. The van der Waals surface area contributed by atoms with Crippen molar-refractivity contribution in [3.8, 4) is 0 Å². The van der Waals surface area contributed by atoms with Crippen LogP contribution >= 0.6 is 0 Å². The number of hydrogen-bond acceptors (Lipinski definition) is 4. The van der Waals surface area contributed by atoms with Crippen molar-refractivity contribution < 1.29 is 14.3 Å². The van der Waals surface area contributed by atoms with Gasteiger partial charge in [-0.15, -0.1) is 0 Å². The van der Waals surface area contributed by atoms with Crippen LogP contribution in [0.2, 0.25) is 0 Å². The van der Waals surface area contributed by atoms with Crippen LogP contribution in [0.15, 0.2) is 79.1 Å². The van der Waals surface area contributed by atoms with Gasteiger partial charge in [0.1, 0.15) is 0 Å². The van der Waals surface area contributed by atoms with E-state index in [1.54, 1.807) is 31.6 Å². The summed E-state index contributed by atoms with van der Waals surface area (Å²) in [5.74, 6) is 0.119. The minimum Gasteiger partial charge on any atom is -0.378 e. The van der Waals surface area contributed by atoms with E-state index in [-0.39, 0.29) is 34.8 Å². The third kappa shape index (κ3) is 3.54. The molecule has 2 atom stereocenters. The van der Waals surface area contributed by atoms with Gasteiger partial charge in [0.15, 0.2) is 0 Å². The Morgan fingerprint density at radius 3 is 2.25 bits per heavy atom. The molecule has 2 aromatic carbocycles. The van der Waals surface area contributed by atoms with Crippen molar-refractivity contribution in [2.75, 3.05) is 20.2 Å². The van der Waals surface area contributed by atoms with Crippen LogP contribution in [0.3, 0.4) is 0 Å². The van der Waals surface area contributed by atoms with Gasteiger partial charge in [-0.3, -0.25) is 14.6 Å². The van der Waals surface area contributed by atoms with Gasteiger partial charge in [0, 0.05) is 43.6 Å². The van der Waals surface area contributed by atoms with E-state index in [1.807, 2.05) is 24.3 Å². The minimum atomic E-state index is -0.346. The lowest BCUT2D eigenvalue weighted by atomic mass is 9.71. The summed E-state index contributed by atoms with van der Waals surface area (Å²) in [7, 11) is 1.73. The number of hydrogen-bond donors (Lipinski definition) is 1. The Kier molecular flexibility index (Phi) is 5.64. The Morgan fingerprint density at radius 2 is 1.58 bits per heavy atom. The topological polar surface area (TPSA) is 71.5 Å². The minimum absolute atomic E-state index is 0.137. The van der Waals surface area contributed by atoms with Crippen LogP contribution in [-0.2, 0) is 20.4 Å². The number of nitrogens with one attached hydrogen (secondary N) is 1. The van der Waals surface area contributed by atoms with Gasteiger partial charge in [-0.1, -0.05) is 54.6 Å². The van der Waals surface area contributed by atoms with E-state index in [2.05, 4.69) is 45.5 Å². The molecule has 2 aliphatic carbocycles. The molecule has 3 aliphatic rings. The normalized spacial score (nSPS) is 23.2. The highest BCUT2D eigenvalue weighted by Crippen LogP contribution is 2.54. The summed E-state index contributed by atoms with van der Waals surface area (Å²) < 4.78 is 6.15. The predicted molar refractivity (Wildman–Crippen MR) is 137 cm³/mol. The van der Waals surface area contributed by atoms with Gasteiger partial charge in [-0.2, -0.15) is 0 Å². The number of fused-ring (bicyclic) bond motifs is 2. The Labute approximate surface area is 211 Å². The highest BCUT2D eigenvalue weighted by molar-refractivity contribution is 5.94. The Hall–Kier alpha value is -3.51. The molecule has 1 saturated heterocycles. The molecule has 1 saturated carbocycles. The van der Waals surface area contributed by atoms with Gasteiger partial charge >= 0.3 is 0 Å². The fraction of sp³-hybridized carbons (Fsp3) is 0.367. The molecule has 0 bridgehead atoms. The number of carbonyl (C=O) groups is 2. The van der Waals surface area contributed by atoms with Gasteiger partial charge in [0.25, 0.3) is 5.91 Å². The lowest BCUT2D eigenvalue weighted by Gasteiger charge is -2.44. The first kappa shape index (κ1) is 22.9. The molecule has 0 radical (unpaired) electrons. The largest absolute Gasteiger partial charge is 0.378 e. The Balaban J connectivity index is 1.25. The average Bonchev–Trinajstić information content (AvgIpc) is 3.72. The molecule has 6 nitrogen and oxygen atoms in total. The average molecular weight is 482 g/mol. The van der Waals surface area contributed by atoms with E-state index in [1.165, 1.54) is 5.56 Å². The third-order valence-electron chi connectivity index (χ3n) is 8.59. The summed E-state index contributed by atoms with van der Waals surface area (Å²) in [5, 5.41) is 3.24. The molecule has 36 heavy (non-hydrogen) atoms. The molecular formula is C30H31N3O3. The monoisotopic (exact) mass is 481 g/mol. The fourth-order valence-corrected chi connectivity index (χ4v) is 6.57. The number of amides is 2. The smallest absolute Gasteiger partial charge is 0.251 e. The second kappa shape index (κ2) is 8.86. The van der Waals surface area contributed by atoms with Crippen molar-refractivity contribution in [1.29, 1.82) is 0 Å². The van der Waals surface area contributed by atoms with Crippen LogP contribution < -0.4 is 5.32 Å². The maximum Gasteiger partial charge on any atom is 0.251 e. The van der Waals surface area contributed by atoms with Crippen LogP contribution in [0.1, 0.15) is 58.8 Å². The molecule has 0 unspecified atom stereocenters. The van der Waals surface area contributed by atoms with Crippen LogP contribution in [0, 0.1) is 0 Å². The highest BCUT2D eigenvalue weighted by atomic mass is 16.5. The summed E-state index contributed by atoms with van der Waals surface area (Å²) in [6.45, 7) is 1.37. The zero-order valence-corrected chi connectivity index (χ0v) is 20.5. The summed E-state index contributed by atoms with van der Waals surface area (Å²) in [4.78, 5) is 32.9. The number of likely N-dealkylation sites (tertiary alicyclic amines) is 1. The summed E-state index contributed by atoms with van der Waals surface area (Å²) in [6, 6.07) is 21.7.